The van der Waals surface area contributed by atoms with E-state index >= 15 is 0 Å². The summed E-state index contributed by atoms with van der Waals surface area (Å²) in [4.78, 5) is 0. The maximum atomic E-state index is 11.4. The third-order valence-corrected chi connectivity index (χ3v) is 6.77. The molecule has 2 bridgehead atoms. The molecule has 3 nitrogen and oxygen atoms in total. The number of hydrogen-bond acceptors (Lipinski definition) is 3. The van der Waals surface area contributed by atoms with Gasteiger partial charge in [0.25, 0.3) is 0 Å². The summed E-state index contributed by atoms with van der Waals surface area (Å²) in [5.41, 5.74) is -1.39. The van der Waals surface area contributed by atoms with Gasteiger partial charge in [-0.2, -0.15) is 5.26 Å². The van der Waals surface area contributed by atoms with Gasteiger partial charge in [0.05, 0.1) is 18.3 Å². The van der Waals surface area contributed by atoms with Crippen molar-refractivity contribution < 1.29 is 9.84 Å². The second-order valence-electron chi connectivity index (χ2n) is 7.34. The molecule has 0 spiro atoms. The molecule has 3 aliphatic carbocycles. The molecule has 6 atom stereocenters. The van der Waals surface area contributed by atoms with Crippen molar-refractivity contribution >= 4 is 0 Å². The Morgan fingerprint density at radius 1 is 1.21 bits per heavy atom. The van der Waals surface area contributed by atoms with Crippen LogP contribution in [0.3, 0.4) is 0 Å². The monoisotopic (exact) mass is 261 g/mol. The quantitative estimate of drug-likeness (QED) is 0.789. The van der Waals surface area contributed by atoms with Crippen molar-refractivity contribution in [2.75, 3.05) is 13.2 Å². The summed E-state index contributed by atoms with van der Waals surface area (Å²) in [6, 6.07) is 2.49. The summed E-state index contributed by atoms with van der Waals surface area (Å²) >= 11 is 0. The van der Waals surface area contributed by atoms with Crippen molar-refractivity contribution in [2.24, 2.45) is 29.1 Å². The minimum Gasteiger partial charge on any atom is -0.388 e. The third kappa shape index (κ3) is 1.40. The van der Waals surface area contributed by atoms with Crippen molar-refractivity contribution in [3.8, 4) is 6.07 Å². The maximum absolute atomic E-state index is 11.4. The molecule has 1 saturated heterocycles. The normalized spacial score (nSPS) is 56.0. The van der Waals surface area contributed by atoms with E-state index in [0.29, 0.717) is 24.4 Å². The predicted molar refractivity (Wildman–Crippen MR) is 70.1 cm³/mol. The summed E-state index contributed by atoms with van der Waals surface area (Å²) < 4.78 is 5.59. The first-order valence-corrected chi connectivity index (χ1v) is 7.92. The summed E-state index contributed by atoms with van der Waals surface area (Å²) in [6.07, 6.45) is 7.72. The van der Waals surface area contributed by atoms with Crippen molar-refractivity contribution in [3.05, 3.63) is 0 Å². The molecule has 3 saturated carbocycles. The standard InChI is InChI=1S/C16H23NO2/c17-9-15(5-2-6-19-10-15)16(18)8-11-7-14(16)13-4-1-3-12(11)13/h11-14,18H,1-8,10H2. The average molecular weight is 261 g/mol. The van der Waals surface area contributed by atoms with Gasteiger partial charge in [-0.25, -0.2) is 0 Å². The molecule has 3 heteroatoms. The Morgan fingerprint density at radius 2 is 2.05 bits per heavy atom. The highest BCUT2D eigenvalue weighted by Gasteiger charge is 2.67. The second kappa shape index (κ2) is 3.96. The molecular weight excluding hydrogens is 238 g/mol. The molecule has 104 valence electrons. The molecule has 4 fully saturated rings. The van der Waals surface area contributed by atoms with E-state index in [0.717, 1.165) is 38.2 Å². The van der Waals surface area contributed by atoms with Crippen molar-refractivity contribution in [3.63, 3.8) is 0 Å². The van der Waals surface area contributed by atoms with Crippen LogP contribution in [0.2, 0.25) is 0 Å². The third-order valence-electron chi connectivity index (χ3n) is 6.77. The highest BCUT2D eigenvalue weighted by atomic mass is 16.5. The van der Waals surface area contributed by atoms with Crippen molar-refractivity contribution in [1.82, 2.24) is 0 Å². The molecule has 0 radical (unpaired) electrons. The summed E-state index contributed by atoms with van der Waals surface area (Å²) in [5.74, 6) is 2.59. The van der Waals surface area contributed by atoms with Gasteiger partial charge in [-0.1, -0.05) is 6.42 Å². The summed E-state index contributed by atoms with van der Waals surface area (Å²) in [6.45, 7) is 1.19. The molecule has 4 rings (SSSR count). The first kappa shape index (κ1) is 12.2. The van der Waals surface area contributed by atoms with Crippen LogP contribution < -0.4 is 0 Å². The van der Waals surface area contributed by atoms with E-state index in [-0.39, 0.29) is 0 Å². The first-order valence-electron chi connectivity index (χ1n) is 7.92. The van der Waals surface area contributed by atoms with Crippen LogP contribution in [0.25, 0.3) is 0 Å². The number of hydrogen-bond donors (Lipinski definition) is 1. The van der Waals surface area contributed by atoms with Crippen LogP contribution >= 0.6 is 0 Å². The fraction of sp³-hybridized carbons (Fsp3) is 0.938. The Morgan fingerprint density at radius 3 is 2.79 bits per heavy atom. The van der Waals surface area contributed by atoms with Crippen LogP contribution in [0.15, 0.2) is 0 Å². The van der Waals surface area contributed by atoms with Gasteiger partial charge in [0, 0.05) is 6.61 Å². The Hall–Kier alpha value is -0.590. The molecule has 0 aromatic rings. The molecule has 0 aromatic heterocycles. The molecule has 1 N–H and O–H groups in total. The highest BCUT2D eigenvalue weighted by molar-refractivity contribution is 5.22. The van der Waals surface area contributed by atoms with Gasteiger partial charge in [0.2, 0.25) is 0 Å². The van der Waals surface area contributed by atoms with E-state index < -0.39 is 11.0 Å². The number of nitriles is 1. The number of nitrogens with zero attached hydrogens (tertiary/aromatic N) is 1. The van der Waals surface area contributed by atoms with E-state index in [1.54, 1.807) is 0 Å². The van der Waals surface area contributed by atoms with Crippen LogP contribution in [-0.4, -0.2) is 23.9 Å². The number of ether oxygens (including phenoxy) is 1. The lowest BCUT2D eigenvalue weighted by Crippen LogP contribution is -2.57. The lowest BCUT2D eigenvalue weighted by atomic mass is 9.59. The van der Waals surface area contributed by atoms with Gasteiger partial charge in [0.1, 0.15) is 5.41 Å². The van der Waals surface area contributed by atoms with E-state index in [1.807, 2.05) is 0 Å². The Balaban J connectivity index is 1.69. The van der Waals surface area contributed by atoms with Gasteiger partial charge < -0.3 is 9.84 Å². The van der Waals surface area contributed by atoms with Gasteiger partial charge in [0.15, 0.2) is 0 Å². The number of aliphatic hydroxyl groups is 1. The zero-order chi connectivity index (χ0) is 13.1. The Bertz CT molecular complexity index is 423. The van der Waals surface area contributed by atoms with Gasteiger partial charge in [-0.15, -0.1) is 0 Å². The van der Waals surface area contributed by atoms with Gasteiger partial charge in [-0.05, 0) is 62.2 Å². The molecule has 4 aliphatic rings. The topological polar surface area (TPSA) is 53.2 Å². The van der Waals surface area contributed by atoms with Crippen LogP contribution in [0.5, 0.6) is 0 Å². The van der Waals surface area contributed by atoms with E-state index in [4.69, 9.17) is 4.74 Å². The summed E-state index contributed by atoms with van der Waals surface area (Å²) in [7, 11) is 0. The van der Waals surface area contributed by atoms with Crippen molar-refractivity contribution in [1.29, 1.82) is 5.26 Å². The molecule has 6 unspecified atom stereocenters. The number of rotatable bonds is 1. The first-order chi connectivity index (χ1) is 9.20. The maximum Gasteiger partial charge on any atom is 0.110 e. The fourth-order valence-corrected chi connectivity index (χ4v) is 5.98. The van der Waals surface area contributed by atoms with Crippen LogP contribution in [0, 0.1) is 40.4 Å². The molecule has 19 heavy (non-hydrogen) atoms. The molecule has 0 amide bonds. The van der Waals surface area contributed by atoms with E-state index in [9.17, 15) is 10.4 Å². The zero-order valence-corrected chi connectivity index (χ0v) is 11.5. The SMILES string of the molecule is N#CC1(C2(O)CC3CC2C2CCCC32)CCCOC1. The summed E-state index contributed by atoms with van der Waals surface area (Å²) in [5, 5.41) is 21.1. The molecule has 0 aromatic carbocycles. The highest BCUT2D eigenvalue weighted by Crippen LogP contribution is 2.66. The van der Waals surface area contributed by atoms with Crippen molar-refractivity contribution in [2.45, 2.75) is 50.5 Å². The smallest absolute Gasteiger partial charge is 0.110 e. The lowest BCUT2D eigenvalue weighted by molar-refractivity contribution is -0.160. The predicted octanol–water partition coefficient (Wildman–Crippen LogP) is 2.49. The molecule has 1 aliphatic heterocycles. The largest absolute Gasteiger partial charge is 0.388 e. The molecule has 1 heterocycles. The zero-order valence-electron chi connectivity index (χ0n) is 11.5. The second-order valence-corrected chi connectivity index (χ2v) is 7.34. The van der Waals surface area contributed by atoms with Crippen LogP contribution in [0.1, 0.15) is 44.9 Å². The Labute approximate surface area is 114 Å². The Kier molecular flexibility index (Phi) is 2.54. The van der Waals surface area contributed by atoms with E-state index in [2.05, 4.69) is 6.07 Å². The average Bonchev–Trinajstić information content (AvgIpc) is 3.10. The minimum atomic E-state index is -0.766. The molecular formula is C16H23NO2. The van der Waals surface area contributed by atoms with Crippen LogP contribution in [0.4, 0.5) is 0 Å². The minimum absolute atomic E-state index is 0.367. The number of fused-ring (bicyclic) bond motifs is 5. The van der Waals surface area contributed by atoms with Gasteiger partial charge >= 0.3 is 0 Å². The van der Waals surface area contributed by atoms with Gasteiger partial charge in [-0.3, -0.25) is 0 Å². The lowest BCUT2D eigenvalue weighted by Gasteiger charge is -2.49. The van der Waals surface area contributed by atoms with E-state index in [1.165, 1.54) is 19.3 Å². The van der Waals surface area contributed by atoms with Crippen LogP contribution in [-0.2, 0) is 4.74 Å². The fourth-order valence-electron chi connectivity index (χ4n) is 5.98.